The minimum atomic E-state index is -1.69. The maximum atomic E-state index is 10.6. The van der Waals surface area contributed by atoms with E-state index in [2.05, 4.69) is 0 Å². The van der Waals surface area contributed by atoms with Crippen LogP contribution >= 0.6 is 0 Å². The Morgan fingerprint density at radius 1 is 1.33 bits per heavy atom. The first kappa shape index (κ1) is 12.1. The molecule has 0 aliphatic carbocycles. The average molecular weight is 240 g/mol. The molecule has 0 bridgehead atoms. The zero-order valence-corrected chi connectivity index (χ0v) is 8.84. The van der Waals surface area contributed by atoms with Crippen LogP contribution in [-0.4, -0.2) is 68.0 Å². The summed E-state index contributed by atoms with van der Waals surface area (Å²) in [5.74, 6) is -0.887. The van der Waals surface area contributed by atoms with Gasteiger partial charge in [-0.1, -0.05) is 0 Å². The molecule has 72 valence electrons. The van der Waals surface area contributed by atoms with Gasteiger partial charge < -0.3 is 0 Å². The summed E-state index contributed by atoms with van der Waals surface area (Å²) in [5, 5.41) is 35.7. The molecule has 0 fully saturated rings. The van der Waals surface area contributed by atoms with Crippen LogP contribution in [0.25, 0.3) is 0 Å². The number of carbonyl (C=O) groups is 1. The number of hydrogen-bond donors (Lipinski definition) is 4. The summed E-state index contributed by atoms with van der Waals surface area (Å²) < 4.78 is 0. The van der Waals surface area contributed by atoms with Gasteiger partial charge in [0.2, 0.25) is 0 Å². The Balaban J connectivity index is 4.08. The molecule has 1 unspecified atom stereocenters. The van der Waals surface area contributed by atoms with Gasteiger partial charge in [0.05, 0.1) is 0 Å². The Kier molecular flexibility index (Phi) is 5.70. The van der Waals surface area contributed by atoms with E-state index in [0.29, 0.717) is 5.21 Å². The van der Waals surface area contributed by atoms with Crippen molar-refractivity contribution in [2.45, 2.75) is 23.5 Å². The summed E-state index contributed by atoms with van der Waals surface area (Å²) in [6.07, 6.45) is -4.31. The van der Waals surface area contributed by atoms with Gasteiger partial charge in [0, 0.05) is 0 Å². The summed E-state index contributed by atoms with van der Waals surface area (Å²) in [6, 6.07) is 0. The normalized spacial score (nSPS) is 18.4. The van der Waals surface area contributed by atoms with Crippen molar-refractivity contribution in [3.8, 4) is 0 Å². The van der Waals surface area contributed by atoms with E-state index in [9.17, 15) is 4.79 Å². The number of ketones is 1. The third-order valence-corrected chi connectivity index (χ3v) is 2.46. The first-order valence-electron chi connectivity index (χ1n) is 3.42. The number of carbonyl (C=O) groups excluding carboxylic acids is 1. The van der Waals surface area contributed by atoms with E-state index in [1.165, 1.54) is 16.9 Å². The predicted molar refractivity (Wildman–Crippen MR) is 43.5 cm³/mol. The van der Waals surface area contributed by atoms with Crippen LogP contribution < -0.4 is 0 Å². The third kappa shape index (κ3) is 3.21. The molecule has 0 aliphatic rings. The first-order valence-corrected chi connectivity index (χ1v) is 5.13. The van der Waals surface area contributed by atoms with Crippen LogP contribution in [0, 0.1) is 0 Å². The third-order valence-electron chi connectivity index (χ3n) is 1.44. The summed E-state index contributed by atoms with van der Waals surface area (Å²) in [4.78, 5) is 10.6. The quantitative estimate of drug-likeness (QED) is 0.377. The molecule has 5 nitrogen and oxygen atoms in total. The molecule has 6 heteroatoms. The van der Waals surface area contributed by atoms with Crippen LogP contribution in [-0.2, 0) is 4.79 Å². The van der Waals surface area contributed by atoms with Gasteiger partial charge in [-0.3, -0.25) is 0 Å². The van der Waals surface area contributed by atoms with E-state index in [0.717, 1.165) is 0 Å². The second-order valence-corrected chi connectivity index (χ2v) is 3.35. The fourth-order valence-electron chi connectivity index (χ4n) is 0.634. The molecule has 0 aromatic rings. The molecule has 0 spiro atoms. The van der Waals surface area contributed by atoms with Crippen molar-refractivity contribution in [2.75, 3.05) is 6.61 Å². The monoisotopic (exact) mass is 240 g/mol. The van der Waals surface area contributed by atoms with Crippen molar-refractivity contribution in [3.63, 3.8) is 0 Å². The van der Waals surface area contributed by atoms with Gasteiger partial charge in [-0.25, -0.2) is 0 Å². The summed E-state index contributed by atoms with van der Waals surface area (Å²) in [5.41, 5.74) is 0. The fraction of sp³-hybridized carbons (Fsp3) is 0.833. The number of aliphatic hydroxyl groups excluding tert-OH is 4. The molecular weight excluding hydrogens is 227 g/mol. The molecule has 0 saturated carbocycles. The van der Waals surface area contributed by atoms with Crippen LogP contribution in [0.3, 0.4) is 0 Å². The van der Waals surface area contributed by atoms with Crippen LogP contribution in [0.1, 0.15) is 0 Å². The van der Waals surface area contributed by atoms with Gasteiger partial charge in [-0.15, -0.1) is 0 Å². The molecule has 0 saturated heterocycles. The van der Waals surface area contributed by atoms with Crippen molar-refractivity contribution in [1.29, 1.82) is 0 Å². The zero-order valence-electron chi connectivity index (χ0n) is 6.42. The van der Waals surface area contributed by atoms with Crippen LogP contribution in [0.15, 0.2) is 0 Å². The predicted octanol–water partition coefficient (Wildman–Crippen LogP) is -3.32. The Hall–Kier alpha value is 0.0684. The minimum absolute atomic E-state index is 0.296. The van der Waals surface area contributed by atoms with Gasteiger partial charge in [0.1, 0.15) is 0 Å². The molecule has 0 radical (unpaired) electrons. The van der Waals surface area contributed by atoms with E-state index in [4.69, 9.17) is 20.4 Å². The van der Waals surface area contributed by atoms with Crippen molar-refractivity contribution < 1.29 is 25.2 Å². The van der Waals surface area contributed by atoms with Crippen molar-refractivity contribution in [2.24, 2.45) is 0 Å². The molecule has 4 atom stereocenters. The van der Waals surface area contributed by atoms with E-state index in [1.54, 1.807) is 0 Å². The number of aliphatic hydroxyl groups is 4. The Labute approximate surface area is 78.5 Å². The van der Waals surface area contributed by atoms with Gasteiger partial charge in [0.25, 0.3) is 0 Å². The Morgan fingerprint density at radius 3 is 2.17 bits per heavy atom. The molecule has 4 N–H and O–H groups in total. The molecular formula is C6H13AsO5. The molecule has 0 aromatic carbocycles. The standard InChI is InChI=1S/C6H13AsO5/c7-1-3(9)5(11)6(12)4(10)2-8/h3,5-6,8-9,11-12H,1-2,7H2/t3-,5+,6+/m0/s1. The van der Waals surface area contributed by atoms with Crippen LogP contribution in [0.4, 0.5) is 0 Å². The average Bonchev–Trinajstić information content (AvgIpc) is 2.12. The second-order valence-electron chi connectivity index (χ2n) is 2.36. The van der Waals surface area contributed by atoms with E-state index in [1.807, 2.05) is 0 Å². The van der Waals surface area contributed by atoms with Crippen molar-refractivity contribution in [3.05, 3.63) is 0 Å². The van der Waals surface area contributed by atoms with E-state index >= 15 is 0 Å². The van der Waals surface area contributed by atoms with Gasteiger partial charge in [0.15, 0.2) is 0 Å². The zero-order chi connectivity index (χ0) is 9.72. The number of Topliss-reactive ketones (excluding diaryl/α,β-unsaturated/α-hetero) is 1. The molecule has 0 rings (SSSR count). The maximum absolute atomic E-state index is 10.6. The molecule has 0 aliphatic heterocycles. The molecule has 0 amide bonds. The van der Waals surface area contributed by atoms with Gasteiger partial charge in [-0.05, 0) is 0 Å². The van der Waals surface area contributed by atoms with Crippen LogP contribution in [0.5, 0.6) is 0 Å². The van der Waals surface area contributed by atoms with Gasteiger partial charge >= 0.3 is 78.0 Å². The second kappa shape index (κ2) is 5.67. The molecule has 0 heterocycles. The molecule has 0 aromatic heterocycles. The Morgan fingerprint density at radius 2 is 1.83 bits per heavy atom. The SMILES string of the molecule is O=C(CO)[C@@H](O)[C@H](O)[C@@H](O)C[AsH2]. The topological polar surface area (TPSA) is 98.0 Å². The van der Waals surface area contributed by atoms with Crippen LogP contribution in [0.2, 0.25) is 5.21 Å². The van der Waals surface area contributed by atoms with Crippen molar-refractivity contribution in [1.82, 2.24) is 0 Å². The Bertz CT molecular complexity index is 151. The summed E-state index contributed by atoms with van der Waals surface area (Å²) in [7, 11) is 0. The fourth-order valence-corrected chi connectivity index (χ4v) is 1.22. The summed E-state index contributed by atoms with van der Waals surface area (Å²) >= 11 is 1.18. The number of hydrogen-bond acceptors (Lipinski definition) is 5. The number of rotatable bonds is 5. The van der Waals surface area contributed by atoms with E-state index < -0.39 is 30.7 Å². The van der Waals surface area contributed by atoms with Gasteiger partial charge in [-0.2, -0.15) is 0 Å². The van der Waals surface area contributed by atoms with Crippen molar-refractivity contribution >= 4 is 22.6 Å². The van der Waals surface area contributed by atoms with E-state index in [-0.39, 0.29) is 0 Å². The first-order chi connectivity index (χ1) is 5.54. The molecule has 12 heavy (non-hydrogen) atoms. The summed E-state index contributed by atoms with van der Waals surface area (Å²) in [6.45, 7) is -0.834.